The number of rotatable bonds is 6. The van der Waals surface area contributed by atoms with E-state index in [1.807, 2.05) is 0 Å². The second-order valence-corrected chi connectivity index (χ2v) is 7.54. The summed E-state index contributed by atoms with van der Waals surface area (Å²) in [6, 6.07) is 1.91. The first-order chi connectivity index (χ1) is 10.3. The van der Waals surface area contributed by atoms with Crippen molar-refractivity contribution in [2.75, 3.05) is 5.75 Å². The molecule has 0 N–H and O–H groups in total. The second-order valence-electron chi connectivity index (χ2n) is 4.23. The molecular weight excluding hydrogens is 372 g/mol. The average Bonchev–Trinajstić information content (AvgIpc) is 2.80. The highest BCUT2D eigenvalue weighted by atomic mass is 32.2. The summed E-state index contributed by atoms with van der Waals surface area (Å²) in [6.45, 7) is 0. The molecule has 0 saturated carbocycles. The van der Waals surface area contributed by atoms with Crippen LogP contribution in [0.3, 0.4) is 0 Å². The summed E-state index contributed by atoms with van der Waals surface area (Å²) in [5.41, 5.74) is -5.87. The molecule has 0 fully saturated rings. The van der Waals surface area contributed by atoms with Gasteiger partial charge in [-0.3, -0.25) is 4.68 Å². The first-order valence-corrected chi connectivity index (χ1v) is 8.48. The summed E-state index contributed by atoms with van der Waals surface area (Å²) in [5, 5.41) is 10.0. The third-order valence-electron chi connectivity index (χ3n) is 2.47. The van der Waals surface area contributed by atoms with Crippen LogP contribution in [0.4, 0.5) is 26.3 Å². The van der Waals surface area contributed by atoms with E-state index in [2.05, 4.69) is 5.10 Å². The maximum Gasteiger partial charge on any atom is 0.441 e. The highest BCUT2D eigenvalue weighted by Crippen LogP contribution is 2.31. The van der Waals surface area contributed by atoms with Gasteiger partial charge >= 0.3 is 11.7 Å². The normalized spacial score (nSPS) is 14.5. The van der Waals surface area contributed by atoms with E-state index >= 15 is 0 Å². The van der Waals surface area contributed by atoms with E-state index in [0.29, 0.717) is 10.7 Å². The van der Waals surface area contributed by atoms with E-state index in [0.717, 1.165) is 6.20 Å². The van der Waals surface area contributed by atoms with Crippen molar-refractivity contribution in [3.8, 4) is 6.07 Å². The largest absolute Gasteiger partial charge is 0.441 e. The monoisotopic (exact) mass is 381 g/mol. The molecule has 0 spiro atoms. The molecule has 0 saturated heterocycles. The number of nitriles is 1. The van der Waals surface area contributed by atoms with Gasteiger partial charge in [0.1, 0.15) is 5.88 Å². The Morgan fingerprint density at radius 3 is 2.35 bits per heavy atom. The minimum absolute atomic E-state index is 0.472. The molecule has 1 unspecified atom stereocenters. The predicted molar refractivity (Wildman–Crippen MR) is 68.7 cm³/mol. The fraction of sp³-hybridized carbons (Fsp3) is 0.600. The van der Waals surface area contributed by atoms with Crippen LogP contribution >= 0.6 is 11.8 Å². The van der Waals surface area contributed by atoms with Gasteiger partial charge in [-0.25, -0.2) is 8.42 Å². The van der Waals surface area contributed by atoms with Crippen molar-refractivity contribution in [1.82, 2.24) is 9.78 Å². The van der Waals surface area contributed by atoms with Gasteiger partial charge in [0.2, 0.25) is 0 Å². The van der Waals surface area contributed by atoms with E-state index in [9.17, 15) is 34.8 Å². The number of sulfone groups is 1. The summed E-state index contributed by atoms with van der Waals surface area (Å²) in [6.07, 6.45) is -4.59. The molecule has 0 aliphatic carbocycles. The summed E-state index contributed by atoms with van der Waals surface area (Å²) < 4.78 is 97.2. The van der Waals surface area contributed by atoms with Crippen molar-refractivity contribution in [2.45, 2.75) is 29.2 Å². The van der Waals surface area contributed by atoms with Gasteiger partial charge in [-0.15, -0.1) is 0 Å². The molecule has 23 heavy (non-hydrogen) atoms. The van der Waals surface area contributed by atoms with Crippen LogP contribution in [-0.2, 0) is 21.9 Å². The topological polar surface area (TPSA) is 75.8 Å². The first kappa shape index (κ1) is 19.6. The minimum Gasteiger partial charge on any atom is -0.257 e. The number of hydrogen-bond acceptors (Lipinski definition) is 5. The van der Waals surface area contributed by atoms with Gasteiger partial charge in [0.25, 0.3) is 0 Å². The lowest BCUT2D eigenvalue weighted by Gasteiger charge is -2.11. The average molecular weight is 381 g/mol. The Bertz CT molecular complexity index is 674. The van der Waals surface area contributed by atoms with Gasteiger partial charge in [-0.2, -0.15) is 36.7 Å². The van der Waals surface area contributed by atoms with Crippen LogP contribution in [0.2, 0.25) is 0 Å². The fourth-order valence-corrected chi connectivity index (χ4v) is 3.53. The van der Waals surface area contributed by atoms with Gasteiger partial charge in [-0.05, 0) is 12.5 Å². The second kappa shape index (κ2) is 7.00. The van der Waals surface area contributed by atoms with Crippen molar-refractivity contribution < 1.29 is 34.8 Å². The molecule has 1 heterocycles. The Morgan fingerprint density at radius 2 is 1.91 bits per heavy atom. The maximum atomic E-state index is 12.4. The van der Waals surface area contributed by atoms with Crippen LogP contribution < -0.4 is 0 Å². The third kappa shape index (κ3) is 6.30. The predicted octanol–water partition coefficient (Wildman–Crippen LogP) is 2.81. The van der Waals surface area contributed by atoms with E-state index < -0.39 is 62.3 Å². The zero-order valence-electron chi connectivity index (χ0n) is 11.1. The summed E-state index contributed by atoms with van der Waals surface area (Å²) in [4.78, 5) is 0. The first-order valence-electron chi connectivity index (χ1n) is 5.77. The smallest absolute Gasteiger partial charge is 0.257 e. The number of halogens is 6. The van der Waals surface area contributed by atoms with Crippen LogP contribution in [0.15, 0.2) is 12.3 Å². The number of hydrogen-bond donors (Lipinski definition) is 0. The van der Waals surface area contributed by atoms with Crippen LogP contribution in [0, 0.1) is 11.3 Å². The zero-order valence-corrected chi connectivity index (χ0v) is 12.7. The van der Waals surface area contributed by atoms with Gasteiger partial charge in [-0.1, -0.05) is 11.8 Å². The van der Waals surface area contributed by atoms with Gasteiger partial charge in [0.15, 0.2) is 20.8 Å². The van der Waals surface area contributed by atoms with Crippen LogP contribution in [0.5, 0.6) is 0 Å². The fourth-order valence-electron chi connectivity index (χ4n) is 1.47. The van der Waals surface area contributed by atoms with Gasteiger partial charge in [0, 0.05) is 11.9 Å². The lowest BCUT2D eigenvalue weighted by atomic mass is 10.4. The highest BCUT2D eigenvalue weighted by molar-refractivity contribution is 8.00. The Morgan fingerprint density at radius 1 is 1.30 bits per heavy atom. The lowest BCUT2D eigenvalue weighted by Crippen LogP contribution is -2.25. The molecule has 0 aliphatic rings. The lowest BCUT2D eigenvalue weighted by molar-refractivity contribution is -0.141. The highest BCUT2D eigenvalue weighted by Gasteiger charge is 2.35. The molecule has 130 valence electrons. The van der Waals surface area contributed by atoms with E-state index in [1.54, 1.807) is 0 Å². The number of thioether (sulfide) groups is 1. The summed E-state index contributed by atoms with van der Waals surface area (Å²) >= 11 is -0.480. The van der Waals surface area contributed by atoms with E-state index in [-0.39, 0.29) is 0 Å². The minimum atomic E-state index is -4.76. The van der Waals surface area contributed by atoms with Gasteiger partial charge in [0.05, 0.1) is 6.07 Å². The zero-order chi connectivity index (χ0) is 17.9. The number of aromatic nitrogens is 2. The van der Waals surface area contributed by atoms with Crippen molar-refractivity contribution >= 4 is 21.6 Å². The van der Waals surface area contributed by atoms with Crippen molar-refractivity contribution in [3.63, 3.8) is 0 Å². The van der Waals surface area contributed by atoms with Crippen LogP contribution in [0.1, 0.15) is 12.1 Å². The Labute approximate surface area is 131 Å². The third-order valence-corrected chi connectivity index (χ3v) is 5.07. The van der Waals surface area contributed by atoms with Crippen LogP contribution in [-0.4, -0.2) is 34.7 Å². The molecule has 0 bridgehead atoms. The Balaban J connectivity index is 2.76. The molecule has 0 aliphatic heterocycles. The number of alkyl halides is 6. The van der Waals surface area contributed by atoms with E-state index in [4.69, 9.17) is 5.26 Å². The molecular formula is C10H9F6N3O2S2. The molecule has 1 aromatic heterocycles. The summed E-state index contributed by atoms with van der Waals surface area (Å²) in [5.74, 6) is -1.69. The Hall–Kier alpha value is -1.42. The molecule has 5 nitrogen and oxygen atoms in total. The number of nitrogens with zero attached hydrogens (tertiary/aromatic N) is 3. The maximum absolute atomic E-state index is 12.4. The van der Waals surface area contributed by atoms with E-state index in [1.165, 1.54) is 6.07 Å². The molecule has 0 aromatic carbocycles. The van der Waals surface area contributed by atoms with Crippen molar-refractivity contribution in [3.05, 3.63) is 18.0 Å². The van der Waals surface area contributed by atoms with Gasteiger partial charge < -0.3 is 0 Å². The molecule has 0 radical (unpaired) electrons. The Kier molecular flexibility index (Phi) is 5.97. The van der Waals surface area contributed by atoms with Crippen molar-refractivity contribution in [2.24, 2.45) is 0 Å². The molecule has 1 atom stereocenters. The van der Waals surface area contributed by atoms with Crippen LogP contribution in [0.25, 0.3) is 0 Å². The van der Waals surface area contributed by atoms with Crippen molar-refractivity contribution in [1.29, 1.82) is 5.26 Å². The molecule has 1 aromatic rings. The molecule has 0 amide bonds. The quantitative estimate of drug-likeness (QED) is 0.709. The standard InChI is InChI=1S/C10H9F6N3O2S2/c11-9(12,13)8-1-3-19(18-8)6-23(20,21)7(5-17)2-4-22-10(14,15)16/h1,3,7H,2,4,6H2. The molecule has 13 heteroatoms. The summed E-state index contributed by atoms with van der Waals surface area (Å²) in [7, 11) is -4.28. The SMILES string of the molecule is N#CC(CCSC(F)(F)F)S(=O)(=O)Cn1ccc(C(F)(F)F)n1. The molecule has 1 rings (SSSR count).